The third-order valence-electron chi connectivity index (χ3n) is 2.64. The highest BCUT2D eigenvalue weighted by Crippen LogP contribution is 2.13. The molecule has 0 atom stereocenters. The normalized spacial score (nSPS) is 13.8. The van der Waals surface area contributed by atoms with Crippen molar-refractivity contribution < 1.29 is 19.2 Å². The Morgan fingerprint density at radius 3 is 2.16 bits per heavy atom. The summed E-state index contributed by atoms with van der Waals surface area (Å²) in [5.74, 6) is 0.406. The Hall–Kier alpha value is -1.70. The summed E-state index contributed by atoms with van der Waals surface area (Å²) in [7, 11) is -1.45. The molecule has 0 saturated carbocycles. The second-order valence-corrected chi connectivity index (χ2v) is 4.06. The Morgan fingerprint density at radius 2 is 1.74 bits per heavy atom. The molecule has 0 radical (unpaired) electrons. The molecule has 0 spiro atoms. The van der Waals surface area contributed by atoms with Gasteiger partial charge in [-0.15, -0.1) is 10.2 Å². The Morgan fingerprint density at radius 1 is 1.05 bits per heavy atom. The van der Waals surface area contributed by atoms with Gasteiger partial charge < -0.3 is 19.2 Å². The fourth-order valence-electron chi connectivity index (χ4n) is 1.61. The van der Waals surface area contributed by atoms with Crippen molar-refractivity contribution in [2.24, 2.45) is 0 Å². The lowest BCUT2D eigenvalue weighted by Crippen LogP contribution is -2.29. The molecule has 6 nitrogen and oxygen atoms in total. The summed E-state index contributed by atoms with van der Waals surface area (Å²) in [5.41, 5.74) is 1.17. The minimum atomic E-state index is -1.45. The molecular formula is C12H15BN2O4. The van der Waals surface area contributed by atoms with Crippen LogP contribution in [0, 0.1) is 0 Å². The lowest BCUT2D eigenvalue weighted by molar-refractivity contribution is 0.198. The maximum atomic E-state index is 8.85. The van der Waals surface area contributed by atoms with E-state index in [0.29, 0.717) is 11.4 Å². The highest BCUT2D eigenvalue weighted by molar-refractivity contribution is 6.58. The maximum Gasteiger partial charge on any atom is 0.488 e. The summed E-state index contributed by atoms with van der Waals surface area (Å²) >= 11 is 0. The van der Waals surface area contributed by atoms with Gasteiger partial charge in [0.25, 0.3) is 0 Å². The predicted octanol–water partition coefficient (Wildman–Crippen LogP) is 0.213. The Kier molecular flexibility index (Phi) is 5.08. The van der Waals surface area contributed by atoms with Gasteiger partial charge >= 0.3 is 7.12 Å². The van der Waals surface area contributed by atoms with Crippen LogP contribution in [0.25, 0.3) is 11.5 Å². The van der Waals surface area contributed by atoms with Crippen LogP contribution >= 0.6 is 0 Å². The molecule has 2 aromatic rings. The van der Waals surface area contributed by atoms with Crippen molar-refractivity contribution in [2.75, 3.05) is 13.2 Å². The van der Waals surface area contributed by atoms with Crippen molar-refractivity contribution in [3.8, 4) is 11.5 Å². The number of hydrogen-bond acceptors (Lipinski definition) is 6. The van der Waals surface area contributed by atoms with Gasteiger partial charge in [0, 0.05) is 18.8 Å². The fraction of sp³-hybridized carbons (Fsp3) is 0.333. The largest absolute Gasteiger partial charge is 0.488 e. The fourth-order valence-corrected chi connectivity index (χ4v) is 1.61. The van der Waals surface area contributed by atoms with E-state index in [1.54, 1.807) is 24.3 Å². The van der Waals surface area contributed by atoms with Crippen molar-refractivity contribution >= 4 is 12.6 Å². The topological polar surface area (TPSA) is 88.6 Å². The molecular weight excluding hydrogens is 247 g/mol. The summed E-state index contributed by atoms with van der Waals surface area (Å²) in [6, 6.07) is 6.54. The van der Waals surface area contributed by atoms with E-state index in [2.05, 4.69) is 10.2 Å². The molecule has 2 N–H and O–H groups in total. The van der Waals surface area contributed by atoms with Crippen LogP contribution in [0.5, 0.6) is 0 Å². The van der Waals surface area contributed by atoms with E-state index in [0.717, 1.165) is 18.8 Å². The molecule has 1 aliphatic rings. The van der Waals surface area contributed by atoms with Crippen LogP contribution in [-0.2, 0) is 4.74 Å². The van der Waals surface area contributed by atoms with Crippen molar-refractivity contribution in [1.82, 2.24) is 10.2 Å². The van der Waals surface area contributed by atoms with E-state index in [4.69, 9.17) is 19.2 Å². The number of nitrogens with zero attached hydrogens (tertiary/aromatic N) is 2. The molecule has 0 amide bonds. The summed E-state index contributed by atoms with van der Waals surface area (Å²) in [5, 5.41) is 25.0. The monoisotopic (exact) mass is 262 g/mol. The molecule has 1 fully saturated rings. The van der Waals surface area contributed by atoms with E-state index >= 15 is 0 Å². The molecule has 100 valence electrons. The van der Waals surface area contributed by atoms with Crippen LogP contribution < -0.4 is 5.46 Å². The molecule has 2 heterocycles. The lowest BCUT2D eigenvalue weighted by Gasteiger charge is -1.99. The molecule has 1 aromatic carbocycles. The molecule has 1 aromatic heterocycles. The number of benzene rings is 1. The van der Waals surface area contributed by atoms with Gasteiger partial charge in [-0.2, -0.15) is 0 Å². The quantitative estimate of drug-likeness (QED) is 0.752. The van der Waals surface area contributed by atoms with E-state index < -0.39 is 7.12 Å². The standard InChI is InChI=1S/C8H7BN2O3.C4H8O/c12-9(13)7-3-1-6(2-4-7)8-11-10-5-14-8;1-2-4-5-3-1/h1-5,12-13H;1-4H2. The van der Waals surface area contributed by atoms with Gasteiger partial charge in [-0.1, -0.05) is 12.1 Å². The van der Waals surface area contributed by atoms with Gasteiger partial charge in [0.05, 0.1) is 0 Å². The zero-order valence-corrected chi connectivity index (χ0v) is 10.4. The number of aromatic nitrogens is 2. The first-order valence-electron chi connectivity index (χ1n) is 6.08. The molecule has 7 heteroatoms. The first-order chi connectivity index (χ1) is 9.27. The number of ether oxygens (including phenoxy) is 1. The number of hydrogen-bond donors (Lipinski definition) is 2. The van der Waals surface area contributed by atoms with Crippen LogP contribution in [0.3, 0.4) is 0 Å². The maximum absolute atomic E-state index is 8.85. The van der Waals surface area contributed by atoms with Crippen molar-refractivity contribution in [3.05, 3.63) is 30.7 Å². The van der Waals surface area contributed by atoms with E-state index in [1.807, 2.05) is 0 Å². The van der Waals surface area contributed by atoms with E-state index in [-0.39, 0.29) is 0 Å². The zero-order valence-electron chi connectivity index (χ0n) is 10.4. The summed E-state index contributed by atoms with van der Waals surface area (Å²) < 4.78 is 9.92. The summed E-state index contributed by atoms with van der Waals surface area (Å²) in [6.45, 7) is 2.00. The van der Waals surface area contributed by atoms with E-state index in [9.17, 15) is 0 Å². The minimum Gasteiger partial charge on any atom is -0.423 e. The van der Waals surface area contributed by atoms with Gasteiger partial charge in [-0.3, -0.25) is 0 Å². The van der Waals surface area contributed by atoms with E-state index in [1.165, 1.54) is 19.2 Å². The molecule has 0 bridgehead atoms. The molecule has 1 saturated heterocycles. The average molecular weight is 262 g/mol. The Labute approximate surface area is 111 Å². The molecule has 3 rings (SSSR count). The van der Waals surface area contributed by atoms with Gasteiger partial charge in [-0.05, 0) is 30.4 Å². The molecule has 19 heavy (non-hydrogen) atoms. The second-order valence-electron chi connectivity index (χ2n) is 4.06. The smallest absolute Gasteiger partial charge is 0.423 e. The SMILES string of the molecule is C1CCOC1.OB(O)c1ccc(-c2nnco2)cc1. The van der Waals surface area contributed by atoms with Crippen molar-refractivity contribution in [1.29, 1.82) is 0 Å². The first kappa shape index (κ1) is 13.7. The predicted molar refractivity (Wildman–Crippen MR) is 69.6 cm³/mol. The highest BCUT2D eigenvalue weighted by atomic mass is 16.5. The minimum absolute atomic E-state index is 0.406. The van der Waals surface area contributed by atoms with Gasteiger partial charge in [0.15, 0.2) is 0 Å². The van der Waals surface area contributed by atoms with Crippen LogP contribution in [-0.4, -0.2) is 40.6 Å². The van der Waals surface area contributed by atoms with Crippen LogP contribution in [0.1, 0.15) is 12.8 Å². The number of rotatable bonds is 2. The van der Waals surface area contributed by atoms with Crippen LogP contribution in [0.4, 0.5) is 0 Å². The highest BCUT2D eigenvalue weighted by Gasteiger charge is 2.11. The molecule has 0 aliphatic carbocycles. The van der Waals surface area contributed by atoms with Gasteiger partial charge in [-0.25, -0.2) is 0 Å². The van der Waals surface area contributed by atoms with Crippen molar-refractivity contribution in [2.45, 2.75) is 12.8 Å². The summed E-state index contributed by atoms with van der Waals surface area (Å²) in [4.78, 5) is 0. The second kappa shape index (κ2) is 7.03. The molecule has 0 unspecified atom stereocenters. The Bertz CT molecular complexity index is 461. The van der Waals surface area contributed by atoms with Crippen LogP contribution in [0.2, 0.25) is 0 Å². The molecule has 1 aliphatic heterocycles. The van der Waals surface area contributed by atoms with Gasteiger partial charge in [0.1, 0.15) is 0 Å². The summed E-state index contributed by atoms with van der Waals surface area (Å²) in [6.07, 6.45) is 3.80. The van der Waals surface area contributed by atoms with Gasteiger partial charge in [0.2, 0.25) is 12.3 Å². The Balaban J connectivity index is 0.000000224. The third-order valence-corrected chi connectivity index (χ3v) is 2.64. The van der Waals surface area contributed by atoms with Crippen LogP contribution in [0.15, 0.2) is 35.1 Å². The average Bonchev–Trinajstić information content (AvgIpc) is 3.15. The zero-order chi connectivity index (χ0) is 13.5. The first-order valence-corrected chi connectivity index (χ1v) is 6.08. The third kappa shape index (κ3) is 4.16. The lowest BCUT2D eigenvalue weighted by atomic mass is 9.80. The van der Waals surface area contributed by atoms with Crippen molar-refractivity contribution in [3.63, 3.8) is 0 Å².